The van der Waals surface area contributed by atoms with Crippen LogP contribution in [0.4, 0.5) is 0 Å². The molecule has 0 saturated carbocycles. The number of morpholine rings is 1. The van der Waals surface area contributed by atoms with E-state index in [0.29, 0.717) is 0 Å². The molecule has 15 heavy (non-hydrogen) atoms. The van der Waals surface area contributed by atoms with E-state index < -0.39 is 0 Å². The predicted octanol–water partition coefficient (Wildman–Crippen LogP) is 2.87. The van der Waals surface area contributed by atoms with Crippen LogP contribution in [0, 0.1) is 0 Å². The highest BCUT2D eigenvalue weighted by atomic mass is 79.9. The van der Waals surface area contributed by atoms with E-state index in [4.69, 9.17) is 4.74 Å². The van der Waals surface area contributed by atoms with Gasteiger partial charge in [0.15, 0.2) is 0 Å². The van der Waals surface area contributed by atoms with Gasteiger partial charge >= 0.3 is 0 Å². The lowest BCUT2D eigenvalue weighted by molar-refractivity contribution is -0.0209. The normalized spacial score (nSPS) is 22.1. The van der Waals surface area contributed by atoms with Gasteiger partial charge < -0.3 is 9.64 Å². The Morgan fingerprint density at radius 2 is 2.00 bits per heavy atom. The summed E-state index contributed by atoms with van der Waals surface area (Å²) in [6, 6.07) is 8.36. The third-order valence-electron chi connectivity index (χ3n) is 2.51. The minimum atomic E-state index is 0. The van der Waals surface area contributed by atoms with Crippen LogP contribution in [-0.4, -0.2) is 31.6 Å². The molecule has 1 saturated heterocycles. The molecule has 2 nitrogen and oxygen atoms in total. The lowest BCUT2D eigenvalue weighted by atomic mass is 10.1. The molecular weight excluding hydrogens is 277 g/mol. The molecule has 0 aromatic heterocycles. The zero-order valence-electron chi connectivity index (χ0n) is 8.65. The molecule has 1 heterocycles. The van der Waals surface area contributed by atoms with Crippen molar-refractivity contribution in [1.29, 1.82) is 0 Å². The van der Waals surface area contributed by atoms with E-state index in [2.05, 4.69) is 52.1 Å². The number of halogens is 2. The Labute approximate surface area is 105 Å². The van der Waals surface area contributed by atoms with Crippen LogP contribution >= 0.6 is 28.3 Å². The highest BCUT2D eigenvalue weighted by Gasteiger charge is 2.18. The van der Waals surface area contributed by atoms with Crippen LogP contribution in [0.25, 0.3) is 0 Å². The average molecular weight is 293 g/mol. The maximum atomic E-state index is 5.72. The highest BCUT2D eigenvalue weighted by molar-refractivity contribution is 9.10. The number of likely N-dealkylation sites (N-methyl/N-ethyl adjacent to an activating group) is 1. The monoisotopic (exact) mass is 291 g/mol. The van der Waals surface area contributed by atoms with Gasteiger partial charge in [-0.05, 0) is 24.7 Å². The third kappa shape index (κ3) is 3.45. The number of hydrogen-bond donors (Lipinski definition) is 0. The first-order valence-electron chi connectivity index (χ1n) is 4.81. The molecule has 0 radical (unpaired) electrons. The van der Waals surface area contributed by atoms with Crippen molar-refractivity contribution >= 4 is 28.3 Å². The molecule has 1 aliphatic rings. The molecule has 0 N–H and O–H groups in total. The Hall–Kier alpha value is -0.0900. The number of ether oxygens (including phenoxy) is 1. The van der Waals surface area contributed by atoms with Gasteiger partial charge in [-0.25, -0.2) is 0 Å². The molecule has 0 amide bonds. The Bertz CT molecular complexity index is 304. The summed E-state index contributed by atoms with van der Waals surface area (Å²) in [5.41, 5.74) is 1.26. The Balaban J connectivity index is 0.00000112. The predicted molar refractivity (Wildman–Crippen MR) is 67.6 cm³/mol. The van der Waals surface area contributed by atoms with E-state index in [1.54, 1.807) is 0 Å². The topological polar surface area (TPSA) is 12.5 Å². The lowest BCUT2D eigenvalue weighted by Crippen LogP contribution is -2.35. The number of nitrogens with zero attached hydrogens (tertiary/aromatic N) is 1. The number of hydrogen-bond acceptors (Lipinski definition) is 2. The summed E-state index contributed by atoms with van der Waals surface area (Å²) in [5, 5.41) is 0. The highest BCUT2D eigenvalue weighted by Crippen LogP contribution is 2.22. The summed E-state index contributed by atoms with van der Waals surface area (Å²) in [5.74, 6) is 0. The first-order chi connectivity index (χ1) is 6.75. The molecular formula is C11H15BrClNO. The Morgan fingerprint density at radius 1 is 1.33 bits per heavy atom. The van der Waals surface area contributed by atoms with Crippen LogP contribution in [-0.2, 0) is 4.74 Å². The molecule has 1 aromatic rings. The van der Waals surface area contributed by atoms with E-state index >= 15 is 0 Å². The fourth-order valence-electron chi connectivity index (χ4n) is 1.66. The lowest BCUT2D eigenvalue weighted by Gasteiger charge is -2.30. The average Bonchev–Trinajstić information content (AvgIpc) is 2.19. The molecule has 1 aromatic carbocycles. The van der Waals surface area contributed by atoms with E-state index in [-0.39, 0.29) is 18.5 Å². The van der Waals surface area contributed by atoms with Gasteiger partial charge in [0.1, 0.15) is 0 Å². The Morgan fingerprint density at radius 3 is 2.60 bits per heavy atom. The van der Waals surface area contributed by atoms with Crippen molar-refractivity contribution in [3.63, 3.8) is 0 Å². The molecule has 0 aliphatic carbocycles. The zero-order valence-corrected chi connectivity index (χ0v) is 11.1. The minimum Gasteiger partial charge on any atom is -0.371 e. The quantitative estimate of drug-likeness (QED) is 0.789. The van der Waals surface area contributed by atoms with Crippen molar-refractivity contribution in [2.24, 2.45) is 0 Å². The van der Waals surface area contributed by atoms with Gasteiger partial charge in [0.2, 0.25) is 0 Å². The summed E-state index contributed by atoms with van der Waals surface area (Å²) in [6.45, 7) is 2.85. The van der Waals surface area contributed by atoms with Gasteiger partial charge in [-0.2, -0.15) is 0 Å². The number of rotatable bonds is 1. The van der Waals surface area contributed by atoms with Crippen LogP contribution < -0.4 is 0 Å². The molecule has 1 fully saturated rings. The van der Waals surface area contributed by atoms with Crippen LogP contribution in [0.2, 0.25) is 0 Å². The molecule has 0 unspecified atom stereocenters. The van der Waals surface area contributed by atoms with Gasteiger partial charge in [0.05, 0.1) is 12.7 Å². The maximum absolute atomic E-state index is 5.72. The van der Waals surface area contributed by atoms with Gasteiger partial charge in [-0.1, -0.05) is 28.1 Å². The molecule has 0 spiro atoms. The van der Waals surface area contributed by atoms with Gasteiger partial charge in [0.25, 0.3) is 0 Å². The molecule has 1 atom stereocenters. The second-order valence-electron chi connectivity index (χ2n) is 3.67. The van der Waals surface area contributed by atoms with Crippen molar-refractivity contribution in [2.45, 2.75) is 6.10 Å². The maximum Gasteiger partial charge on any atom is 0.0952 e. The van der Waals surface area contributed by atoms with Crippen molar-refractivity contribution in [2.75, 3.05) is 26.7 Å². The summed E-state index contributed by atoms with van der Waals surface area (Å²) >= 11 is 3.43. The van der Waals surface area contributed by atoms with Crippen LogP contribution in [0.15, 0.2) is 28.7 Å². The smallest absolute Gasteiger partial charge is 0.0952 e. The van der Waals surface area contributed by atoms with E-state index in [1.807, 2.05) is 0 Å². The van der Waals surface area contributed by atoms with Crippen LogP contribution in [0.3, 0.4) is 0 Å². The molecule has 0 bridgehead atoms. The first-order valence-corrected chi connectivity index (χ1v) is 5.60. The zero-order chi connectivity index (χ0) is 9.97. The molecule has 4 heteroatoms. The third-order valence-corrected chi connectivity index (χ3v) is 3.04. The van der Waals surface area contributed by atoms with Crippen molar-refractivity contribution in [3.8, 4) is 0 Å². The fraction of sp³-hybridized carbons (Fsp3) is 0.455. The van der Waals surface area contributed by atoms with Gasteiger partial charge in [-0.15, -0.1) is 12.4 Å². The summed E-state index contributed by atoms with van der Waals surface area (Å²) < 4.78 is 6.83. The second-order valence-corrected chi connectivity index (χ2v) is 4.59. The van der Waals surface area contributed by atoms with E-state index in [0.717, 1.165) is 24.2 Å². The summed E-state index contributed by atoms with van der Waals surface area (Å²) in [7, 11) is 2.13. The number of benzene rings is 1. The SMILES string of the molecule is CN1CCO[C@H](c2ccc(Br)cc2)C1.Cl. The van der Waals surface area contributed by atoms with Crippen molar-refractivity contribution in [1.82, 2.24) is 4.90 Å². The van der Waals surface area contributed by atoms with Gasteiger partial charge in [-0.3, -0.25) is 0 Å². The Kier molecular flexibility index (Phi) is 5.06. The molecule has 2 rings (SSSR count). The standard InChI is InChI=1S/C11H14BrNO.ClH/c1-13-6-7-14-11(8-13)9-2-4-10(12)5-3-9;/h2-5,11H,6-8H2,1H3;1H/t11-;/m0./s1. The van der Waals surface area contributed by atoms with Crippen LogP contribution in [0.1, 0.15) is 11.7 Å². The minimum absolute atomic E-state index is 0. The largest absolute Gasteiger partial charge is 0.371 e. The van der Waals surface area contributed by atoms with Crippen LogP contribution in [0.5, 0.6) is 0 Å². The fourth-order valence-corrected chi connectivity index (χ4v) is 1.92. The van der Waals surface area contributed by atoms with E-state index in [1.165, 1.54) is 5.56 Å². The van der Waals surface area contributed by atoms with Crippen molar-refractivity contribution in [3.05, 3.63) is 34.3 Å². The summed E-state index contributed by atoms with van der Waals surface area (Å²) in [6.07, 6.45) is 0.238. The summed E-state index contributed by atoms with van der Waals surface area (Å²) in [4.78, 5) is 2.30. The van der Waals surface area contributed by atoms with Crippen molar-refractivity contribution < 1.29 is 4.74 Å². The molecule has 1 aliphatic heterocycles. The van der Waals surface area contributed by atoms with E-state index in [9.17, 15) is 0 Å². The molecule has 84 valence electrons. The first kappa shape index (κ1) is 13.0. The van der Waals surface area contributed by atoms with Gasteiger partial charge in [0, 0.05) is 17.6 Å². The second kappa shape index (κ2) is 5.85.